The summed E-state index contributed by atoms with van der Waals surface area (Å²) in [5.74, 6) is 4.68. The SMILES string of the molecule is N/C=C\C=N/N. The molecule has 0 unspecified atom stereocenters. The molecular formula is C3H7N3. The molecule has 0 aliphatic heterocycles. The van der Waals surface area contributed by atoms with E-state index in [-0.39, 0.29) is 0 Å². The molecule has 3 heteroatoms. The molecule has 4 N–H and O–H groups in total. The fourth-order valence-electron chi connectivity index (χ4n) is 0.0994. The fourth-order valence-corrected chi connectivity index (χ4v) is 0.0994. The zero-order chi connectivity index (χ0) is 4.83. The summed E-state index contributed by atoms with van der Waals surface area (Å²) in [5.41, 5.74) is 4.89. The number of nitrogens with zero attached hydrogens (tertiary/aromatic N) is 1. The van der Waals surface area contributed by atoms with Gasteiger partial charge in [-0.1, -0.05) is 0 Å². The van der Waals surface area contributed by atoms with E-state index in [0.29, 0.717) is 0 Å². The molecule has 0 saturated carbocycles. The van der Waals surface area contributed by atoms with Crippen LogP contribution in [0.5, 0.6) is 0 Å². The Morgan fingerprint density at radius 3 is 2.33 bits per heavy atom. The van der Waals surface area contributed by atoms with Gasteiger partial charge in [0.15, 0.2) is 0 Å². The molecule has 0 aliphatic rings. The average molecular weight is 85.1 g/mol. The normalized spacial score (nSPS) is 11.3. The first-order chi connectivity index (χ1) is 2.91. The maximum absolute atomic E-state index is 4.89. The Morgan fingerprint density at radius 2 is 2.17 bits per heavy atom. The minimum Gasteiger partial charge on any atom is -0.405 e. The van der Waals surface area contributed by atoms with E-state index in [0.717, 1.165) is 0 Å². The van der Waals surface area contributed by atoms with Gasteiger partial charge in [-0.05, 0) is 12.3 Å². The number of allylic oxidation sites excluding steroid dienone is 1. The summed E-state index contributed by atoms with van der Waals surface area (Å²) in [6, 6.07) is 0. The molecule has 0 aliphatic carbocycles. The molecule has 0 atom stereocenters. The third kappa shape index (κ3) is 3.01. The van der Waals surface area contributed by atoms with Crippen LogP contribution in [0.15, 0.2) is 17.4 Å². The van der Waals surface area contributed by atoms with E-state index < -0.39 is 0 Å². The van der Waals surface area contributed by atoms with Crippen molar-refractivity contribution in [1.82, 2.24) is 0 Å². The van der Waals surface area contributed by atoms with Gasteiger partial charge < -0.3 is 11.6 Å². The predicted molar refractivity (Wildman–Crippen MR) is 26.0 cm³/mol. The average Bonchev–Trinajstić information content (AvgIpc) is 1.61. The van der Waals surface area contributed by atoms with Gasteiger partial charge in [-0.2, -0.15) is 5.10 Å². The van der Waals surface area contributed by atoms with Crippen LogP contribution in [0.1, 0.15) is 0 Å². The van der Waals surface area contributed by atoms with Crippen molar-refractivity contribution < 1.29 is 0 Å². The Kier molecular flexibility index (Phi) is 3.35. The second kappa shape index (κ2) is 4.01. The van der Waals surface area contributed by atoms with E-state index in [1.165, 1.54) is 12.4 Å². The van der Waals surface area contributed by atoms with Crippen LogP contribution in [-0.4, -0.2) is 6.21 Å². The van der Waals surface area contributed by atoms with Crippen molar-refractivity contribution in [3.63, 3.8) is 0 Å². The zero-order valence-corrected chi connectivity index (χ0v) is 3.33. The Balaban J connectivity index is 3.07. The molecule has 0 aromatic carbocycles. The lowest BCUT2D eigenvalue weighted by Gasteiger charge is -1.65. The van der Waals surface area contributed by atoms with Crippen LogP contribution in [0.4, 0.5) is 0 Å². The predicted octanol–water partition coefficient (Wildman–Crippen LogP) is -0.597. The quantitative estimate of drug-likeness (QED) is 0.254. The fraction of sp³-hybridized carbons (Fsp3) is 0. The highest BCUT2D eigenvalue weighted by Crippen LogP contribution is 1.50. The van der Waals surface area contributed by atoms with Gasteiger partial charge in [0.1, 0.15) is 0 Å². The van der Waals surface area contributed by atoms with E-state index in [4.69, 9.17) is 5.73 Å². The largest absolute Gasteiger partial charge is 0.405 e. The van der Waals surface area contributed by atoms with Gasteiger partial charge >= 0.3 is 0 Å². The lowest BCUT2D eigenvalue weighted by Crippen LogP contribution is -1.80. The van der Waals surface area contributed by atoms with Gasteiger partial charge in [-0.3, -0.25) is 0 Å². The molecule has 0 fully saturated rings. The van der Waals surface area contributed by atoms with Gasteiger partial charge in [0.25, 0.3) is 0 Å². The molecule has 0 aromatic rings. The van der Waals surface area contributed by atoms with E-state index >= 15 is 0 Å². The van der Waals surface area contributed by atoms with Crippen LogP contribution in [0.25, 0.3) is 0 Å². The lowest BCUT2D eigenvalue weighted by molar-refractivity contribution is 1.27. The van der Waals surface area contributed by atoms with Crippen molar-refractivity contribution in [1.29, 1.82) is 0 Å². The van der Waals surface area contributed by atoms with Crippen LogP contribution in [0, 0.1) is 0 Å². The first-order valence-corrected chi connectivity index (χ1v) is 1.52. The molecule has 0 radical (unpaired) electrons. The molecule has 0 aromatic heterocycles. The highest BCUT2D eigenvalue weighted by atomic mass is 15.1. The number of hydrazone groups is 1. The number of hydrogen-bond donors (Lipinski definition) is 2. The third-order valence-electron chi connectivity index (χ3n) is 0.283. The summed E-state index contributed by atoms with van der Waals surface area (Å²) < 4.78 is 0. The van der Waals surface area contributed by atoms with Crippen molar-refractivity contribution >= 4 is 6.21 Å². The van der Waals surface area contributed by atoms with Crippen molar-refractivity contribution in [2.75, 3.05) is 0 Å². The van der Waals surface area contributed by atoms with Gasteiger partial charge in [0.2, 0.25) is 0 Å². The first kappa shape index (κ1) is 5.01. The molecule has 0 bridgehead atoms. The Labute approximate surface area is 36.3 Å². The van der Waals surface area contributed by atoms with Gasteiger partial charge in [0, 0.05) is 6.21 Å². The molecule has 0 saturated heterocycles. The highest BCUT2D eigenvalue weighted by molar-refractivity contribution is 5.70. The van der Waals surface area contributed by atoms with Crippen LogP contribution < -0.4 is 11.6 Å². The van der Waals surface area contributed by atoms with Crippen LogP contribution in [-0.2, 0) is 0 Å². The first-order valence-electron chi connectivity index (χ1n) is 1.52. The van der Waals surface area contributed by atoms with E-state index in [2.05, 4.69) is 10.9 Å². The van der Waals surface area contributed by atoms with Gasteiger partial charge in [-0.25, -0.2) is 0 Å². The maximum atomic E-state index is 4.89. The smallest absolute Gasteiger partial charge is 0.0479 e. The zero-order valence-electron chi connectivity index (χ0n) is 3.33. The number of rotatable bonds is 1. The molecule has 34 valence electrons. The standard InChI is InChI=1S/C3H7N3/c4-2-1-3-6-5/h1-3H,4-5H2/b2-1-,6-3-. The van der Waals surface area contributed by atoms with Gasteiger partial charge in [0.05, 0.1) is 0 Å². The lowest BCUT2D eigenvalue weighted by atomic mass is 10.7. The topological polar surface area (TPSA) is 64.4 Å². The maximum Gasteiger partial charge on any atom is 0.0479 e. The Hall–Kier alpha value is -0.990. The molecule has 0 rings (SSSR count). The number of hydrogen-bond acceptors (Lipinski definition) is 3. The van der Waals surface area contributed by atoms with E-state index in [1.54, 1.807) is 6.08 Å². The van der Waals surface area contributed by atoms with Crippen molar-refractivity contribution in [3.8, 4) is 0 Å². The van der Waals surface area contributed by atoms with Crippen LogP contribution in [0.3, 0.4) is 0 Å². The van der Waals surface area contributed by atoms with Crippen LogP contribution >= 0.6 is 0 Å². The second-order valence-corrected chi connectivity index (χ2v) is 0.683. The Bertz CT molecular complexity index is 54.4. The molecule has 0 spiro atoms. The third-order valence-corrected chi connectivity index (χ3v) is 0.283. The summed E-state index contributed by atoms with van der Waals surface area (Å²) in [5, 5.41) is 3.13. The molecule has 3 nitrogen and oxygen atoms in total. The minimum atomic E-state index is 1.36. The summed E-state index contributed by atoms with van der Waals surface area (Å²) in [7, 11) is 0. The highest BCUT2D eigenvalue weighted by Gasteiger charge is 1.49. The molecule has 0 heterocycles. The summed E-state index contributed by atoms with van der Waals surface area (Å²) in [6.07, 6.45) is 4.30. The summed E-state index contributed by atoms with van der Waals surface area (Å²) >= 11 is 0. The van der Waals surface area contributed by atoms with Crippen molar-refractivity contribution in [2.45, 2.75) is 0 Å². The van der Waals surface area contributed by atoms with Crippen LogP contribution in [0.2, 0.25) is 0 Å². The van der Waals surface area contributed by atoms with Crippen molar-refractivity contribution in [3.05, 3.63) is 12.3 Å². The molecular weight excluding hydrogens is 78.1 g/mol. The molecule has 6 heavy (non-hydrogen) atoms. The van der Waals surface area contributed by atoms with Crippen molar-refractivity contribution in [2.24, 2.45) is 16.7 Å². The van der Waals surface area contributed by atoms with E-state index in [9.17, 15) is 0 Å². The summed E-state index contributed by atoms with van der Waals surface area (Å²) in [6.45, 7) is 0. The molecule has 0 amide bonds. The van der Waals surface area contributed by atoms with E-state index in [1.807, 2.05) is 0 Å². The summed E-state index contributed by atoms with van der Waals surface area (Å²) in [4.78, 5) is 0. The van der Waals surface area contributed by atoms with Gasteiger partial charge in [-0.15, -0.1) is 0 Å². The monoisotopic (exact) mass is 85.1 g/mol. The second-order valence-electron chi connectivity index (χ2n) is 0.683. The Morgan fingerprint density at radius 1 is 1.50 bits per heavy atom. The minimum absolute atomic E-state index is 1.36. The number of nitrogens with two attached hydrogens (primary N) is 2.